The summed E-state index contributed by atoms with van der Waals surface area (Å²) >= 11 is 0. The maximum Gasteiger partial charge on any atom is 0.169 e. The summed E-state index contributed by atoms with van der Waals surface area (Å²) in [5, 5.41) is 8.11. The molecular weight excluding hydrogens is 202 g/mol. The quantitative estimate of drug-likeness (QED) is 0.784. The van der Waals surface area contributed by atoms with Crippen LogP contribution in [0.1, 0.15) is 38.3 Å². The lowest BCUT2D eigenvalue weighted by Gasteiger charge is -2.18. The van der Waals surface area contributed by atoms with Crippen molar-refractivity contribution in [3.8, 4) is 0 Å². The van der Waals surface area contributed by atoms with Crippen LogP contribution in [-0.2, 0) is 6.54 Å². The van der Waals surface area contributed by atoms with E-state index in [0.717, 1.165) is 31.9 Å². The van der Waals surface area contributed by atoms with Gasteiger partial charge in [0.15, 0.2) is 5.82 Å². The Morgan fingerprint density at radius 2 is 2.06 bits per heavy atom. The van der Waals surface area contributed by atoms with Gasteiger partial charge >= 0.3 is 0 Å². The minimum absolute atomic E-state index is 0.617. The molecule has 1 saturated carbocycles. The van der Waals surface area contributed by atoms with Crippen molar-refractivity contribution in [1.29, 1.82) is 0 Å². The lowest BCUT2D eigenvalue weighted by molar-refractivity contribution is 0.282. The number of rotatable bonds is 6. The van der Waals surface area contributed by atoms with Gasteiger partial charge in [-0.15, -0.1) is 5.10 Å². The Kier molecular flexibility index (Phi) is 3.43. The normalized spacial score (nSPS) is 15.9. The average molecular weight is 223 g/mol. The summed E-state index contributed by atoms with van der Waals surface area (Å²) in [6, 6.07) is 0. The van der Waals surface area contributed by atoms with Crippen molar-refractivity contribution in [2.24, 2.45) is 0 Å². The van der Waals surface area contributed by atoms with Crippen LogP contribution in [0, 0.1) is 0 Å². The minimum atomic E-state index is 0.617. The summed E-state index contributed by atoms with van der Waals surface area (Å²) in [4.78, 5) is 2.38. The molecule has 1 aromatic rings. The molecule has 1 aliphatic rings. The molecule has 1 aromatic heterocycles. The van der Waals surface area contributed by atoms with Crippen LogP contribution in [0.25, 0.3) is 0 Å². The summed E-state index contributed by atoms with van der Waals surface area (Å²) in [6.07, 6.45) is 2.48. The zero-order chi connectivity index (χ0) is 11.5. The Morgan fingerprint density at radius 3 is 2.62 bits per heavy atom. The van der Waals surface area contributed by atoms with Crippen molar-refractivity contribution in [2.45, 2.75) is 39.2 Å². The Balaban J connectivity index is 1.98. The van der Waals surface area contributed by atoms with Crippen LogP contribution >= 0.6 is 0 Å². The van der Waals surface area contributed by atoms with Crippen molar-refractivity contribution >= 4 is 5.82 Å². The largest absolute Gasteiger partial charge is 0.381 e. The number of hydrogen-bond acceptors (Lipinski definition) is 4. The van der Waals surface area contributed by atoms with Gasteiger partial charge in [0.1, 0.15) is 0 Å². The summed E-state index contributed by atoms with van der Waals surface area (Å²) in [7, 11) is 0. The maximum atomic E-state index is 5.85. The van der Waals surface area contributed by atoms with Crippen LogP contribution in [0.4, 0.5) is 5.82 Å². The first-order valence-electron chi connectivity index (χ1n) is 6.17. The highest BCUT2D eigenvalue weighted by atomic mass is 15.4. The molecular formula is C11H21N5. The molecule has 1 aliphatic carbocycles. The molecule has 90 valence electrons. The van der Waals surface area contributed by atoms with Gasteiger partial charge < -0.3 is 10.6 Å². The molecule has 0 unspecified atom stereocenters. The number of anilines is 1. The Morgan fingerprint density at radius 1 is 1.38 bits per heavy atom. The van der Waals surface area contributed by atoms with E-state index in [1.165, 1.54) is 12.8 Å². The predicted octanol–water partition coefficient (Wildman–Crippen LogP) is 1.08. The molecule has 2 rings (SSSR count). The van der Waals surface area contributed by atoms with Crippen molar-refractivity contribution in [3.05, 3.63) is 5.69 Å². The first kappa shape index (κ1) is 11.4. The van der Waals surface area contributed by atoms with E-state index in [0.29, 0.717) is 11.7 Å². The van der Waals surface area contributed by atoms with E-state index in [-0.39, 0.29) is 0 Å². The first-order chi connectivity index (χ1) is 7.76. The van der Waals surface area contributed by atoms with Crippen molar-refractivity contribution in [1.82, 2.24) is 19.9 Å². The van der Waals surface area contributed by atoms with E-state index in [2.05, 4.69) is 29.1 Å². The molecule has 0 bridgehead atoms. The van der Waals surface area contributed by atoms with E-state index in [9.17, 15) is 0 Å². The molecule has 0 atom stereocenters. The van der Waals surface area contributed by atoms with Gasteiger partial charge in [-0.3, -0.25) is 0 Å². The van der Waals surface area contributed by atoms with E-state index in [1.54, 1.807) is 0 Å². The van der Waals surface area contributed by atoms with Crippen LogP contribution in [0.3, 0.4) is 0 Å². The minimum Gasteiger partial charge on any atom is -0.381 e. The zero-order valence-corrected chi connectivity index (χ0v) is 10.2. The van der Waals surface area contributed by atoms with E-state index in [1.807, 2.05) is 4.68 Å². The fourth-order valence-electron chi connectivity index (χ4n) is 2.05. The fourth-order valence-corrected chi connectivity index (χ4v) is 2.05. The second kappa shape index (κ2) is 4.82. The molecule has 0 aliphatic heterocycles. The number of aromatic nitrogens is 3. The van der Waals surface area contributed by atoms with Crippen molar-refractivity contribution < 1.29 is 0 Å². The average Bonchev–Trinajstić information content (AvgIpc) is 3.05. The summed E-state index contributed by atoms with van der Waals surface area (Å²) < 4.78 is 1.99. The van der Waals surface area contributed by atoms with E-state index < -0.39 is 0 Å². The van der Waals surface area contributed by atoms with Gasteiger partial charge in [-0.1, -0.05) is 19.1 Å². The number of hydrogen-bond donors (Lipinski definition) is 1. The molecule has 16 heavy (non-hydrogen) atoms. The monoisotopic (exact) mass is 223 g/mol. The summed E-state index contributed by atoms with van der Waals surface area (Å²) in [5.41, 5.74) is 7.01. The fraction of sp³-hybridized carbons (Fsp3) is 0.818. The highest BCUT2D eigenvalue weighted by Gasteiger charge is 2.30. The van der Waals surface area contributed by atoms with Gasteiger partial charge in [-0.25, -0.2) is 4.68 Å². The second-order valence-corrected chi connectivity index (χ2v) is 4.38. The number of likely N-dealkylation sites (N-methyl/N-ethyl adjacent to an activating group) is 1. The third-order valence-corrected chi connectivity index (χ3v) is 3.29. The van der Waals surface area contributed by atoms with Gasteiger partial charge in [-0.2, -0.15) is 0 Å². The Bertz CT molecular complexity index is 338. The summed E-state index contributed by atoms with van der Waals surface area (Å²) in [5.74, 6) is 1.24. The van der Waals surface area contributed by atoms with E-state index in [4.69, 9.17) is 5.73 Å². The SMILES string of the molecule is CCN(CC)CCn1nnc(N)c1C1CC1. The van der Waals surface area contributed by atoms with Crippen LogP contribution in [-0.4, -0.2) is 39.5 Å². The molecule has 5 nitrogen and oxygen atoms in total. The third-order valence-electron chi connectivity index (χ3n) is 3.29. The highest BCUT2D eigenvalue weighted by Crippen LogP contribution is 2.41. The molecule has 1 heterocycles. The Labute approximate surface area is 96.6 Å². The summed E-state index contributed by atoms with van der Waals surface area (Å²) in [6.45, 7) is 8.45. The van der Waals surface area contributed by atoms with E-state index >= 15 is 0 Å². The van der Waals surface area contributed by atoms with Gasteiger partial charge in [0.2, 0.25) is 0 Å². The molecule has 0 aromatic carbocycles. The van der Waals surface area contributed by atoms with Gasteiger partial charge in [0.05, 0.1) is 12.2 Å². The molecule has 0 spiro atoms. The molecule has 5 heteroatoms. The second-order valence-electron chi connectivity index (χ2n) is 4.38. The molecule has 0 radical (unpaired) electrons. The highest BCUT2D eigenvalue weighted by molar-refractivity contribution is 5.38. The van der Waals surface area contributed by atoms with Crippen LogP contribution in [0.15, 0.2) is 0 Å². The number of nitrogens with two attached hydrogens (primary N) is 1. The lowest BCUT2D eigenvalue weighted by Crippen LogP contribution is -2.27. The molecule has 2 N–H and O–H groups in total. The van der Waals surface area contributed by atoms with Crippen LogP contribution in [0.2, 0.25) is 0 Å². The van der Waals surface area contributed by atoms with Crippen LogP contribution < -0.4 is 5.73 Å². The standard InChI is InChI=1S/C11H21N5/c1-3-15(4-2)7-8-16-10(9-5-6-9)11(12)13-14-16/h9H,3-8,12H2,1-2H3. The zero-order valence-electron chi connectivity index (χ0n) is 10.2. The van der Waals surface area contributed by atoms with Crippen molar-refractivity contribution in [2.75, 3.05) is 25.4 Å². The first-order valence-corrected chi connectivity index (χ1v) is 6.17. The van der Waals surface area contributed by atoms with Crippen LogP contribution in [0.5, 0.6) is 0 Å². The molecule has 0 amide bonds. The molecule has 1 fully saturated rings. The van der Waals surface area contributed by atoms with Gasteiger partial charge in [-0.05, 0) is 25.9 Å². The number of nitrogen functional groups attached to an aromatic ring is 1. The van der Waals surface area contributed by atoms with Gasteiger partial charge in [0.25, 0.3) is 0 Å². The lowest BCUT2D eigenvalue weighted by atomic mass is 10.3. The topological polar surface area (TPSA) is 60.0 Å². The van der Waals surface area contributed by atoms with Gasteiger partial charge in [0, 0.05) is 12.5 Å². The smallest absolute Gasteiger partial charge is 0.169 e. The number of nitrogens with zero attached hydrogens (tertiary/aromatic N) is 4. The molecule has 0 saturated heterocycles. The predicted molar refractivity (Wildman–Crippen MR) is 64.2 cm³/mol. The third kappa shape index (κ3) is 2.35. The Hall–Kier alpha value is -1.10. The van der Waals surface area contributed by atoms with Crippen molar-refractivity contribution in [3.63, 3.8) is 0 Å². The maximum absolute atomic E-state index is 5.85.